The van der Waals surface area contributed by atoms with E-state index >= 15 is 0 Å². The van der Waals surface area contributed by atoms with Gasteiger partial charge in [-0.1, -0.05) is 0 Å². The molecule has 0 aromatic heterocycles. The smallest absolute Gasteiger partial charge is 0.203 e. The third kappa shape index (κ3) is 1.37. The van der Waals surface area contributed by atoms with Gasteiger partial charge in [-0.15, -0.1) is 0 Å². The molecule has 0 bridgehead atoms. The van der Waals surface area contributed by atoms with E-state index in [1.807, 2.05) is 6.26 Å². The molecule has 0 atom stereocenters. The molecule has 0 aromatic rings. The lowest BCUT2D eigenvalue weighted by atomic mass is 10.3. The molecule has 1 aliphatic carbocycles. The van der Waals surface area contributed by atoms with E-state index in [2.05, 4.69) is 0 Å². The van der Waals surface area contributed by atoms with Crippen LogP contribution in [0.2, 0.25) is 0 Å². The van der Waals surface area contributed by atoms with Crippen molar-refractivity contribution in [3.05, 3.63) is 11.8 Å². The molecule has 1 fully saturated rings. The quantitative estimate of drug-likeness (QED) is 0.374. The van der Waals surface area contributed by atoms with Gasteiger partial charge in [-0.05, 0) is 31.3 Å². The molecule has 1 rings (SSSR count). The first-order chi connectivity index (χ1) is 3.93. The molecule has 46 valence electrons. The van der Waals surface area contributed by atoms with Gasteiger partial charge in [0.2, 0.25) is 10.5 Å². The lowest BCUT2D eigenvalue weighted by Gasteiger charge is -1.92. The minimum Gasteiger partial charge on any atom is -0.558 e. The fourth-order valence-electron chi connectivity index (χ4n) is 1.11. The van der Waals surface area contributed by atoms with Crippen molar-refractivity contribution in [1.29, 1.82) is 0 Å². The Morgan fingerprint density at radius 1 is 1.38 bits per heavy atom. The van der Waals surface area contributed by atoms with Gasteiger partial charge < -0.3 is 4.43 Å². The third-order valence-electron chi connectivity index (χ3n) is 1.53. The van der Waals surface area contributed by atoms with Gasteiger partial charge in [0.05, 0.1) is 6.26 Å². The molecule has 1 aliphatic rings. The van der Waals surface area contributed by atoms with Gasteiger partial charge >= 0.3 is 0 Å². The molecule has 0 saturated heterocycles. The van der Waals surface area contributed by atoms with Crippen molar-refractivity contribution in [3.8, 4) is 0 Å². The van der Waals surface area contributed by atoms with E-state index in [1.165, 1.54) is 31.3 Å². The van der Waals surface area contributed by atoms with E-state index in [0.29, 0.717) is 0 Å². The molecule has 0 heterocycles. The van der Waals surface area contributed by atoms with Crippen molar-refractivity contribution < 1.29 is 4.43 Å². The summed E-state index contributed by atoms with van der Waals surface area (Å²) in [6, 6.07) is 0. The van der Waals surface area contributed by atoms with Crippen molar-refractivity contribution in [1.82, 2.24) is 0 Å². The summed E-state index contributed by atoms with van der Waals surface area (Å²) in [6.07, 6.45) is 7.25. The maximum absolute atomic E-state index is 5.00. The maximum Gasteiger partial charge on any atom is 0.203 e. The molecule has 0 spiro atoms. The average Bonchev–Trinajstić information content (AvgIpc) is 2.19. The second-order valence-corrected chi connectivity index (χ2v) is 2.69. The zero-order valence-electron chi connectivity index (χ0n) is 5.31. The van der Waals surface area contributed by atoms with Crippen molar-refractivity contribution >= 4 is 10.5 Å². The summed E-state index contributed by atoms with van der Waals surface area (Å²) in [5, 5.41) is 0. The summed E-state index contributed by atoms with van der Waals surface area (Å²) in [4.78, 5) is 0. The molecule has 1 saturated carbocycles. The van der Waals surface area contributed by atoms with Crippen LogP contribution in [0.1, 0.15) is 25.7 Å². The normalized spacial score (nSPS) is 19.2. The van der Waals surface area contributed by atoms with Crippen LogP contribution in [0.15, 0.2) is 11.8 Å². The monoisotopic (exact) mass is 128 g/mol. The maximum atomic E-state index is 5.00. The zero-order valence-corrected chi connectivity index (χ0v) is 7.31. The Kier molecular flexibility index (Phi) is 2.15. The predicted molar refractivity (Wildman–Crippen MR) is 37.6 cm³/mol. The summed E-state index contributed by atoms with van der Waals surface area (Å²) >= 11 is 0. The predicted octanol–water partition coefficient (Wildman–Crippen LogP) is 0.741. The molecule has 0 aromatic carbocycles. The van der Waals surface area contributed by atoms with Crippen LogP contribution in [0.4, 0.5) is 0 Å². The van der Waals surface area contributed by atoms with Gasteiger partial charge in [0, 0.05) is 0 Å². The van der Waals surface area contributed by atoms with E-state index < -0.39 is 0 Å². The van der Waals surface area contributed by atoms with Gasteiger partial charge in [-0.25, -0.2) is 0 Å². The molecule has 8 heavy (non-hydrogen) atoms. The van der Waals surface area contributed by atoms with Crippen molar-refractivity contribution in [2.75, 3.05) is 0 Å². The van der Waals surface area contributed by atoms with Gasteiger partial charge in [0.25, 0.3) is 0 Å². The molecule has 0 amide bonds. The standard InChI is InChI=1S/C6H12OSi/c8-7-5-6-3-1-2-4-6/h5H,1-4H2,8H3. The van der Waals surface area contributed by atoms with E-state index in [1.54, 1.807) is 0 Å². The van der Waals surface area contributed by atoms with E-state index in [4.69, 9.17) is 4.43 Å². The highest BCUT2D eigenvalue weighted by Gasteiger charge is 2.04. The van der Waals surface area contributed by atoms with E-state index in [-0.39, 0.29) is 0 Å². The highest BCUT2D eigenvalue weighted by Crippen LogP contribution is 2.22. The average molecular weight is 128 g/mol. The Balaban J connectivity index is 2.33. The van der Waals surface area contributed by atoms with Crippen molar-refractivity contribution in [2.24, 2.45) is 0 Å². The molecule has 0 aliphatic heterocycles. The Labute approximate surface area is 53.3 Å². The molecule has 0 unspecified atom stereocenters. The molecule has 0 N–H and O–H groups in total. The second-order valence-electron chi connectivity index (χ2n) is 2.22. The minimum atomic E-state index is 0.847. The number of hydrogen-bond donors (Lipinski definition) is 0. The van der Waals surface area contributed by atoms with Crippen LogP contribution in [-0.4, -0.2) is 10.5 Å². The van der Waals surface area contributed by atoms with Crippen LogP contribution >= 0.6 is 0 Å². The Bertz CT molecular complexity index is 90.7. The number of rotatable bonds is 1. The fourth-order valence-corrected chi connectivity index (χ4v) is 1.45. The molecule has 2 heteroatoms. The van der Waals surface area contributed by atoms with Crippen LogP contribution in [-0.2, 0) is 4.43 Å². The summed E-state index contributed by atoms with van der Waals surface area (Å²) < 4.78 is 5.00. The highest BCUT2D eigenvalue weighted by molar-refractivity contribution is 5.98. The third-order valence-corrected chi connectivity index (χ3v) is 1.77. The largest absolute Gasteiger partial charge is 0.558 e. The lowest BCUT2D eigenvalue weighted by molar-refractivity contribution is 0.525. The topological polar surface area (TPSA) is 9.23 Å². The Morgan fingerprint density at radius 2 is 2.00 bits per heavy atom. The number of allylic oxidation sites excluding steroid dienone is 1. The van der Waals surface area contributed by atoms with Crippen molar-refractivity contribution in [3.63, 3.8) is 0 Å². The van der Waals surface area contributed by atoms with Crippen LogP contribution in [0.3, 0.4) is 0 Å². The van der Waals surface area contributed by atoms with Crippen molar-refractivity contribution in [2.45, 2.75) is 25.7 Å². The second kappa shape index (κ2) is 2.92. The van der Waals surface area contributed by atoms with Crippen LogP contribution in [0.25, 0.3) is 0 Å². The zero-order chi connectivity index (χ0) is 5.82. The van der Waals surface area contributed by atoms with Crippen LogP contribution < -0.4 is 0 Å². The summed E-state index contributed by atoms with van der Waals surface area (Å²) in [5.41, 5.74) is 1.51. The minimum absolute atomic E-state index is 0.847. The summed E-state index contributed by atoms with van der Waals surface area (Å²) in [5.74, 6) is 0. The van der Waals surface area contributed by atoms with Gasteiger partial charge in [-0.2, -0.15) is 0 Å². The summed E-state index contributed by atoms with van der Waals surface area (Å²) in [6.45, 7) is 0. The van der Waals surface area contributed by atoms with E-state index in [9.17, 15) is 0 Å². The SMILES string of the molecule is [SiH3]OC=C1CCCC1. The lowest BCUT2D eigenvalue weighted by Crippen LogP contribution is -1.74. The van der Waals surface area contributed by atoms with Crippen LogP contribution in [0.5, 0.6) is 0 Å². The summed E-state index contributed by atoms with van der Waals surface area (Å²) in [7, 11) is 0.847. The molecular weight excluding hydrogens is 116 g/mol. The molecular formula is C6H12OSi. The van der Waals surface area contributed by atoms with Crippen LogP contribution in [0, 0.1) is 0 Å². The highest BCUT2D eigenvalue weighted by atomic mass is 28.2. The molecule has 0 radical (unpaired) electrons. The van der Waals surface area contributed by atoms with Gasteiger partial charge in [-0.3, -0.25) is 0 Å². The first-order valence-electron chi connectivity index (χ1n) is 3.14. The van der Waals surface area contributed by atoms with Gasteiger partial charge in [0.1, 0.15) is 0 Å². The number of hydrogen-bond acceptors (Lipinski definition) is 1. The Morgan fingerprint density at radius 3 is 2.50 bits per heavy atom. The fraction of sp³-hybridized carbons (Fsp3) is 0.667. The Hall–Kier alpha value is -0.243. The van der Waals surface area contributed by atoms with E-state index in [0.717, 1.165) is 10.5 Å². The first kappa shape index (κ1) is 5.89. The first-order valence-corrected chi connectivity index (χ1v) is 3.96. The molecule has 1 nitrogen and oxygen atoms in total. The van der Waals surface area contributed by atoms with Gasteiger partial charge in [0.15, 0.2) is 0 Å².